The number of carbonyl (C=O) groups excluding carboxylic acids is 1. The van der Waals surface area contributed by atoms with E-state index in [0.717, 1.165) is 12.8 Å². The Balaban J connectivity index is 2.01. The number of aliphatic hydroxyl groups is 1. The normalized spacial score (nSPS) is 23.9. The molecule has 3 unspecified atom stereocenters. The van der Waals surface area contributed by atoms with E-state index in [2.05, 4.69) is 5.32 Å². The van der Waals surface area contributed by atoms with Crippen molar-refractivity contribution in [2.75, 3.05) is 0 Å². The molecule has 1 saturated carbocycles. The van der Waals surface area contributed by atoms with Crippen LogP contribution in [0.4, 0.5) is 0 Å². The molecule has 5 heteroatoms. The number of aliphatic carboxylic acids is 1. The number of carbonyl (C=O) groups is 2. The van der Waals surface area contributed by atoms with Crippen LogP contribution in [0.25, 0.3) is 0 Å². The molecule has 1 amide bonds. The van der Waals surface area contributed by atoms with Crippen molar-refractivity contribution >= 4 is 11.9 Å². The van der Waals surface area contributed by atoms with Crippen molar-refractivity contribution in [2.45, 2.75) is 37.8 Å². The average molecular weight is 277 g/mol. The molecule has 3 atom stereocenters. The smallest absolute Gasteiger partial charge is 0.308 e. The Hall–Kier alpha value is -1.88. The first-order chi connectivity index (χ1) is 9.59. The van der Waals surface area contributed by atoms with Gasteiger partial charge < -0.3 is 15.5 Å². The maximum atomic E-state index is 12.0. The van der Waals surface area contributed by atoms with E-state index in [1.807, 2.05) is 0 Å². The van der Waals surface area contributed by atoms with Crippen LogP contribution >= 0.6 is 0 Å². The Morgan fingerprint density at radius 3 is 2.45 bits per heavy atom. The molecule has 0 spiro atoms. The molecule has 0 heterocycles. The van der Waals surface area contributed by atoms with Crippen molar-refractivity contribution in [1.82, 2.24) is 5.32 Å². The van der Waals surface area contributed by atoms with Gasteiger partial charge in [0.1, 0.15) is 0 Å². The van der Waals surface area contributed by atoms with E-state index in [-0.39, 0.29) is 0 Å². The standard InChI is InChI=1S/C15H19NO4/c17-13(10-6-2-1-3-7-10)14(18)16-12-9-5-4-8-11(12)15(19)20/h1-3,6-7,11-13,17H,4-5,8-9H2,(H,16,18)(H,19,20). The molecule has 3 N–H and O–H groups in total. The first-order valence-corrected chi connectivity index (χ1v) is 6.86. The van der Waals surface area contributed by atoms with Crippen molar-refractivity contribution in [3.63, 3.8) is 0 Å². The molecular weight excluding hydrogens is 258 g/mol. The lowest BCUT2D eigenvalue weighted by Gasteiger charge is -2.30. The second-order valence-electron chi connectivity index (χ2n) is 5.16. The van der Waals surface area contributed by atoms with E-state index in [1.54, 1.807) is 30.3 Å². The van der Waals surface area contributed by atoms with Gasteiger partial charge in [-0.15, -0.1) is 0 Å². The van der Waals surface area contributed by atoms with E-state index in [4.69, 9.17) is 5.11 Å². The van der Waals surface area contributed by atoms with Crippen LogP contribution in [0.5, 0.6) is 0 Å². The topological polar surface area (TPSA) is 86.6 Å². The van der Waals surface area contributed by atoms with Crippen molar-refractivity contribution in [3.05, 3.63) is 35.9 Å². The summed E-state index contributed by atoms with van der Waals surface area (Å²) in [5.41, 5.74) is 0.507. The van der Waals surface area contributed by atoms with Gasteiger partial charge in [0, 0.05) is 6.04 Å². The van der Waals surface area contributed by atoms with Crippen molar-refractivity contribution in [1.29, 1.82) is 0 Å². The predicted octanol–water partition coefficient (Wildman–Crippen LogP) is 1.48. The minimum Gasteiger partial charge on any atom is -0.481 e. The van der Waals surface area contributed by atoms with Gasteiger partial charge in [-0.2, -0.15) is 0 Å². The fourth-order valence-corrected chi connectivity index (χ4v) is 2.65. The van der Waals surface area contributed by atoms with Crippen LogP contribution in [0.1, 0.15) is 37.4 Å². The van der Waals surface area contributed by atoms with Crippen molar-refractivity contribution in [3.8, 4) is 0 Å². The van der Waals surface area contributed by atoms with Crippen molar-refractivity contribution < 1.29 is 19.8 Å². The third-order valence-corrected chi connectivity index (χ3v) is 3.77. The summed E-state index contributed by atoms with van der Waals surface area (Å²) in [5.74, 6) is -1.98. The van der Waals surface area contributed by atoms with Crippen LogP contribution in [0, 0.1) is 5.92 Å². The minimum atomic E-state index is -1.26. The lowest BCUT2D eigenvalue weighted by molar-refractivity contribution is -0.144. The summed E-state index contributed by atoms with van der Waals surface area (Å²) in [6.45, 7) is 0. The first kappa shape index (κ1) is 14.5. The monoisotopic (exact) mass is 277 g/mol. The molecule has 0 radical (unpaired) electrons. The highest BCUT2D eigenvalue weighted by Crippen LogP contribution is 2.25. The molecule has 1 aromatic carbocycles. The lowest BCUT2D eigenvalue weighted by Crippen LogP contribution is -2.46. The van der Waals surface area contributed by atoms with E-state index < -0.39 is 29.9 Å². The van der Waals surface area contributed by atoms with Crippen LogP contribution in [-0.4, -0.2) is 28.1 Å². The molecule has 5 nitrogen and oxygen atoms in total. The summed E-state index contributed by atoms with van der Waals surface area (Å²) in [5, 5.41) is 21.8. The molecule has 1 aliphatic rings. The molecule has 20 heavy (non-hydrogen) atoms. The predicted molar refractivity (Wildman–Crippen MR) is 72.9 cm³/mol. The lowest BCUT2D eigenvalue weighted by atomic mass is 9.84. The fraction of sp³-hybridized carbons (Fsp3) is 0.467. The third-order valence-electron chi connectivity index (χ3n) is 3.77. The fourth-order valence-electron chi connectivity index (χ4n) is 2.65. The Kier molecular flexibility index (Phi) is 4.74. The largest absolute Gasteiger partial charge is 0.481 e. The SMILES string of the molecule is O=C(NC1CCCCC1C(=O)O)C(O)c1ccccc1. The number of benzene rings is 1. The van der Waals surface area contributed by atoms with Gasteiger partial charge in [0.15, 0.2) is 6.10 Å². The molecule has 0 bridgehead atoms. The molecule has 0 aliphatic heterocycles. The molecule has 1 aliphatic carbocycles. The van der Waals surface area contributed by atoms with Gasteiger partial charge in [-0.3, -0.25) is 9.59 Å². The van der Waals surface area contributed by atoms with Crippen molar-refractivity contribution in [2.24, 2.45) is 5.92 Å². The van der Waals surface area contributed by atoms with Crippen LogP contribution in [0.2, 0.25) is 0 Å². The zero-order valence-corrected chi connectivity index (χ0v) is 11.2. The summed E-state index contributed by atoms with van der Waals surface area (Å²) < 4.78 is 0. The zero-order chi connectivity index (χ0) is 14.5. The summed E-state index contributed by atoms with van der Waals surface area (Å²) in [6.07, 6.45) is 1.72. The van der Waals surface area contributed by atoms with Gasteiger partial charge in [0.2, 0.25) is 0 Å². The second-order valence-corrected chi connectivity index (χ2v) is 5.16. The van der Waals surface area contributed by atoms with Gasteiger partial charge in [-0.1, -0.05) is 43.2 Å². The number of hydrogen-bond donors (Lipinski definition) is 3. The van der Waals surface area contributed by atoms with E-state index in [1.165, 1.54) is 0 Å². The number of carboxylic acid groups (broad SMARTS) is 1. The Morgan fingerprint density at radius 2 is 1.80 bits per heavy atom. The number of rotatable bonds is 4. The molecule has 1 aromatic rings. The summed E-state index contributed by atoms with van der Waals surface area (Å²) >= 11 is 0. The highest BCUT2D eigenvalue weighted by Gasteiger charge is 2.33. The molecule has 0 saturated heterocycles. The van der Waals surface area contributed by atoms with Crippen LogP contribution in [0.15, 0.2) is 30.3 Å². The Bertz CT molecular complexity index is 474. The maximum absolute atomic E-state index is 12.0. The minimum absolute atomic E-state index is 0.396. The van der Waals surface area contributed by atoms with Crippen LogP contribution in [-0.2, 0) is 9.59 Å². The highest BCUT2D eigenvalue weighted by atomic mass is 16.4. The van der Waals surface area contributed by atoms with Gasteiger partial charge in [-0.25, -0.2) is 0 Å². The second kappa shape index (κ2) is 6.52. The molecular formula is C15H19NO4. The summed E-state index contributed by atoms with van der Waals surface area (Å²) in [7, 11) is 0. The number of amides is 1. The average Bonchev–Trinajstić information content (AvgIpc) is 2.47. The van der Waals surface area contributed by atoms with Gasteiger partial charge in [0.05, 0.1) is 5.92 Å². The van der Waals surface area contributed by atoms with E-state index in [0.29, 0.717) is 18.4 Å². The number of hydrogen-bond acceptors (Lipinski definition) is 3. The number of aliphatic hydroxyl groups excluding tert-OH is 1. The van der Waals surface area contributed by atoms with Crippen LogP contribution < -0.4 is 5.32 Å². The van der Waals surface area contributed by atoms with Gasteiger partial charge in [-0.05, 0) is 18.4 Å². The van der Waals surface area contributed by atoms with E-state index in [9.17, 15) is 14.7 Å². The van der Waals surface area contributed by atoms with Crippen LogP contribution in [0.3, 0.4) is 0 Å². The molecule has 2 rings (SSSR count). The number of nitrogens with one attached hydrogen (secondary N) is 1. The molecule has 0 aromatic heterocycles. The molecule has 108 valence electrons. The van der Waals surface area contributed by atoms with Gasteiger partial charge >= 0.3 is 5.97 Å². The van der Waals surface area contributed by atoms with Gasteiger partial charge in [0.25, 0.3) is 5.91 Å². The maximum Gasteiger partial charge on any atom is 0.308 e. The Labute approximate surface area is 117 Å². The summed E-state index contributed by atoms with van der Waals surface area (Å²) in [6, 6.07) is 8.22. The summed E-state index contributed by atoms with van der Waals surface area (Å²) in [4.78, 5) is 23.2. The number of carboxylic acids is 1. The van der Waals surface area contributed by atoms with E-state index >= 15 is 0 Å². The first-order valence-electron chi connectivity index (χ1n) is 6.86. The molecule has 1 fully saturated rings. The highest BCUT2D eigenvalue weighted by molar-refractivity contribution is 5.83. The zero-order valence-electron chi connectivity index (χ0n) is 11.2. The Morgan fingerprint density at radius 1 is 1.15 bits per heavy atom. The third kappa shape index (κ3) is 3.36. The quantitative estimate of drug-likeness (QED) is 0.778.